The predicted molar refractivity (Wildman–Crippen MR) is 98.8 cm³/mol. The van der Waals surface area contributed by atoms with E-state index in [0.717, 1.165) is 22.8 Å². The van der Waals surface area contributed by atoms with E-state index < -0.39 is 0 Å². The lowest BCUT2D eigenvalue weighted by Gasteiger charge is -2.04. The van der Waals surface area contributed by atoms with Crippen molar-refractivity contribution in [1.82, 2.24) is 0 Å². The van der Waals surface area contributed by atoms with Crippen molar-refractivity contribution in [3.05, 3.63) is 72.0 Å². The number of methoxy groups -OCH3 is 1. The molecule has 1 aromatic heterocycles. The molecule has 0 fully saturated rings. The van der Waals surface area contributed by atoms with Crippen molar-refractivity contribution >= 4 is 11.6 Å². The molecule has 2 aromatic carbocycles. The van der Waals surface area contributed by atoms with Crippen LogP contribution in [0.3, 0.4) is 0 Å². The Morgan fingerprint density at radius 1 is 1.08 bits per heavy atom. The van der Waals surface area contributed by atoms with Crippen molar-refractivity contribution in [3.63, 3.8) is 0 Å². The van der Waals surface area contributed by atoms with Crippen LogP contribution < -0.4 is 10.1 Å². The van der Waals surface area contributed by atoms with Crippen LogP contribution in [-0.2, 0) is 11.2 Å². The van der Waals surface area contributed by atoms with Gasteiger partial charge in [-0.1, -0.05) is 0 Å². The number of benzene rings is 2. The second-order valence-electron chi connectivity index (χ2n) is 5.73. The second-order valence-corrected chi connectivity index (χ2v) is 5.73. The Morgan fingerprint density at radius 2 is 1.81 bits per heavy atom. The molecule has 1 heterocycles. The van der Waals surface area contributed by atoms with Crippen LogP contribution in [-0.4, -0.2) is 13.0 Å². The van der Waals surface area contributed by atoms with Crippen molar-refractivity contribution in [3.8, 4) is 23.1 Å². The number of carbonyl (C=O) groups excluding carboxylic acids is 1. The Morgan fingerprint density at radius 3 is 2.46 bits per heavy atom. The predicted octanol–water partition coefficient (Wildman–Crippen LogP) is 4.40. The summed E-state index contributed by atoms with van der Waals surface area (Å²) in [4.78, 5) is 12.1. The molecule has 0 saturated heterocycles. The third-order valence-corrected chi connectivity index (χ3v) is 3.93. The number of nitriles is 1. The second kappa shape index (κ2) is 8.04. The highest BCUT2D eigenvalue weighted by molar-refractivity contribution is 5.90. The molecule has 0 aliphatic rings. The van der Waals surface area contributed by atoms with Crippen molar-refractivity contribution in [2.24, 2.45) is 0 Å². The largest absolute Gasteiger partial charge is 0.497 e. The lowest BCUT2D eigenvalue weighted by atomic mass is 10.2. The van der Waals surface area contributed by atoms with Crippen LogP contribution in [0.25, 0.3) is 11.3 Å². The summed E-state index contributed by atoms with van der Waals surface area (Å²) < 4.78 is 11.0. The number of hydrogen-bond donors (Lipinski definition) is 1. The van der Waals surface area contributed by atoms with Crippen molar-refractivity contribution in [2.45, 2.75) is 12.8 Å². The average molecular weight is 346 g/mol. The van der Waals surface area contributed by atoms with E-state index in [4.69, 9.17) is 14.4 Å². The number of furan rings is 1. The zero-order valence-corrected chi connectivity index (χ0v) is 14.4. The van der Waals surface area contributed by atoms with Crippen LogP contribution in [0.1, 0.15) is 17.7 Å². The molecular weight excluding hydrogens is 328 g/mol. The van der Waals surface area contributed by atoms with Crippen molar-refractivity contribution < 1.29 is 13.9 Å². The summed E-state index contributed by atoms with van der Waals surface area (Å²) in [6.45, 7) is 0. The number of carbonyl (C=O) groups is 1. The van der Waals surface area contributed by atoms with Crippen molar-refractivity contribution in [2.75, 3.05) is 12.4 Å². The minimum Gasteiger partial charge on any atom is -0.497 e. The summed E-state index contributed by atoms with van der Waals surface area (Å²) in [5.41, 5.74) is 2.19. The van der Waals surface area contributed by atoms with Crippen LogP contribution in [0.5, 0.6) is 5.75 Å². The molecule has 26 heavy (non-hydrogen) atoms. The quantitative estimate of drug-likeness (QED) is 0.718. The van der Waals surface area contributed by atoms with Gasteiger partial charge in [0.15, 0.2) is 0 Å². The number of hydrogen-bond acceptors (Lipinski definition) is 4. The first-order valence-corrected chi connectivity index (χ1v) is 8.21. The molecule has 0 spiro atoms. The van der Waals surface area contributed by atoms with E-state index in [-0.39, 0.29) is 5.91 Å². The van der Waals surface area contributed by atoms with Gasteiger partial charge in [0, 0.05) is 24.1 Å². The van der Waals surface area contributed by atoms with Gasteiger partial charge in [0.1, 0.15) is 17.3 Å². The Balaban J connectivity index is 1.55. The van der Waals surface area contributed by atoms with Crippen LogP contribution in [0, 0.1) is 11.3 Å². The van der Waals surface area contributed by atoms with Gasteiger partial charge in [-0.15, -0.1) is 0 Å². The molecule has 3 aromatic rings. The highest BCUT2D eigenvalue weighted by atomic mass is 16.5. The van der Waals surface area contributed by atoms with Gasteiger partial charge in [0.05, 0.1) is 18.7 Å². The summed E-state index contributed by atoms with van der Waals surface area (Å²) in [6, 6.07) is 20.2. The molecular formula is C21H18N2O3. The molecule has 5 nitrogen and oxygen atoms in total. The van der Waals surface area contributed by atoms with Gasteiger partial charge in [-0.2, -0.15) is 5.26 Å². The van der Waals surface area contributed by atoms with Crippen LogP contribution in [0.15, 0.2) is 65.1 Å². The van der Waals surface area contributed by atoms with E-state index in [1.165, 1.54) is 0 Å². The van der Waals surface area contributed by atoms with Crippen LogP contribution >= 0.6 is 0 Å². The highest BCUT2D eigenvalue weighted by Crippen LogP contribution is 2.25. The Hall–Kier alpha value is -3.52. The monoisotopic (exact) mass is 346 g/mol. The van der Waals surface area contributed by atoms with Gasteiger partial charge in [-0.3, -0.25) is 4.79 Å². The summed E-state index contributed by atoms with van der Waals surface area (Å²) in [5, 5.41) is 11.6. The molecule has 0 saturated carbocycles. The zero-order valence-electron chi connectivity index (χ0n) is 14.4. The summed E-state index contributed by atoms with van der Waals surface area (Å²) in [5.74, 6) is 2.21. The van der Waals surface area contributed by atoms with Gasteiger partial charge >= 0.3 is 0 Å². The van der Waals surface area contributed by atoms with Gasteiger partial charge in [-0.25, -0.2) is 0 Å². The maximum absolute atomic E-state index is 12.1. The first-order chi connectivity index (χ1) is 12.7. The molecule has 3 rings (SSSR count). The SMILES string of the molecule is COc1ccc(-c2ccc(CCC(=O)Nc3ccc(C#N)cc3)o2)cc1. The molecule has 0 unspecified atom stereocenters. The molecule has 0 atom stereocenters. The molecule has 130 valence electrons. The number of amides is 1. The van der Waals surface area contributed by atoms with E-state index >= 15 is 0 Å². The molecule has 0 aliphatic heterocycles. The third-order valence-electron chi connectivity index (χ3n) is 3.93. The molecule has 5 heteroatoms. The first kappa shape index (κ1) is 17.3. The fourth-order valence-corrected chi connectivity index (χ4v) is 2.51. The van der Waals surface area contributed by atoms with Gasteiger partial charge in [0.2, 0.25) is 5.91 Å². The Labute approximate surface area is 151 Å². The zero-order chi connectivity index (χ0) is 18.4. The van der Waals surface area contributed by atoms with E-state index in [2.05, 4.69) is 5.32 Å². The molecule has 1 amide bonds. The van der Waals surface area contributed by atoms with E-state index in [1.807, 2.05) is 42.5 Å². The van der Waals surface area contributed by atoms with Crippen LogP contribution in [0.4, 0.5) is 5.69 Å². The lowest BCUT2D eigenvalue weighted by Crippen LogP contribution is -2.12. The molecule has 0 radical (unpaired) electrons. The maximum Gasteiger partial charge on any atom is 0.224 e. The number of anilines is 1. The minimum atomic E-state index is -0.0999. The molecule has 0 bridgehead atoms. The summed E-state index contributed by atoms with van der Waals surface area (Å²) in [7, 11) is 1.63. The topological polar surface area (TPSA) is 75.3 Å². The van der Waals surface area contributed by atoms with Gasteiger partial charge in [-0.05, 0) is 60.7 Å². The van der Waals surface area contributed by atoms with Crippen molar-refractivity contribution in [1.29, 1.82) is 5.26 Å². The Bertz CT molecular complexity index is 919. The fraction of sp³-hybridized carbons (Fsp3) is 0.143. The lowest BCUT2D eigenvalue weighted by molar-refractivity contribution is -0.116. The number of rotatable bonds is 6. The molecule has 1 N–H and O–H groups in total. The smallest absolute Gasteiger partial charge is 0.224 e. The number of aryl methyl sites for hydroxylation is 1. The van der Waals surface area contributed by atoms with Gasteiger partial charge < -0.3 is 14.5 Å². The minimum absolute atomic E-state index is 0.0999. The summed E-state index contributed by atoms with van der Waals surface area (Å²) >= 11 is 0. The summed E-state index contributed by atoms with van der Waals surface area (Å²) in [6.07, 6.45) is 0.827. The van der Waals surface area contributed by atoms with Crippen LogP contribution in [0.2, 0.25) is 0 Å². The normalized spacial score (nSPS) is 10.2. The maximum atomic E-state index is 12.1. The number of nitrogens with one attached hydrogen (secondary N) is 1. The average Bonchev–Trinajstić information content (AvgIpc) is 3.16. The number of ether oxygens (including phenoxy) is 1. The Kier molecular flexibility index (Phi) is 5.35. The standard InChI is InChI=1S/C21H18N2O3/c1-25-18-8-4-16(5-9-18)20-12-10-19(26-20)11-13-21(24)23-17-6-2-15(14-22)3-7-17/h2-10,12H,11,13H2,1H3,(H,23,24). The van der Waals surface area contributed by atoms with Gasteiger partial charge in [0.25, 0.3) is 0 Å². The van der Waals surface area contributed by atoms with E-state index in [0.29, 0.717) is 24.1 Å². The third kappa shape index (κ3) is 4.31. The number of nitrogens with zero attached hydrogens (tertiary/aromatic N) is 1. The fourth-order valence-electron chi connectivity index (χ4n) is 2.51. The first-order valence-electron chi connectivity index (χ1n) is 8.21. The highest BCUT2D eigenvalue weighted by Gasteiger charge is 2.08. The molecule has 0 aliphatic carbocycles. The van der Waals surface area contributed by atoms with E-state index in [1.54, 1.807) is 31.4 Å². The van der Waals surface area contributed by atoms with E-state index in [9.17, 15) is 4.79 Å².